The third kappa shape index (κ3) is 5.03. The maximum absolute atomic E-state index is 13.5. The molecule has 3 aromatic rings. The third-order valence-electron chi connectivity index (χ3n) is 6.59. The second-order valence-electron chi connectivity index (χ2n) is 9.11. The molecule has 13 heteroatoms. The summed E-state index contributed by atoms with van der Waals surface area (Å²) in [5, 5.41) is 7.74. The number of benzene rings is 2. The van der Waals surface area contributed by atoms with Crippen molar-refractivity contribution >= 4 is 27.4 Å². The molecule has 2 aliphatic heterocycles. The van der Waals surface area contributed by atoms with Gasteiger partial charge in [0, 0.05) is 13.1 Å². The van der Waals surface area contributed by atoms with Crippen LogP contribution in [0.4, 0.5) is 14.5 Å². The van der Waals surface area contributed by atoms with Crippen LogP contribution < -0.4 is 9.64 Å². The predicted molar refractivity (Wildman–Crippen MR) is 131 cm³/mol. The fourth-order valence-electron chi connectivity index (χ4n) is 4.66. The molecule has 10 nitrogen and oxygen atoms in total. The number of nitrogens with zero attached hydrogens (tertiary/aromatic N) is 5. The van der Waals surface area contributed by atoms with Crippen molar-refractivity contribution in [2.75, 3.05) is 24.7 Å². The zero-order valence-electron chi connectivity index (χ0n) is 20.3. The Morgan fingerprint density at radius 2 is 1.89 bits per heavy atom. The summed E-state index contributed by atoms with van der Waals surface area (Å²) in [7, 11) is -4.00. The Labute approximate surface area is 217 Å². The molecule has 1 aromatic heterocycles. The largest absolute Gasteiger partial charge is 0.474 e. The smallest absolute Gasteiger partial charge is 0.299 e. The number of amides is 1. The number of fused-ring (bicyclic) bond motifs is 1. The van der Waals surface area contributed by atoms with Crippen molar-refractivity contribution in [2.24, 2.45) is 0 Å². The van der Waals surface area contributed by atoms with E-state index in [1.165, 1.54) is 62.5 Å². The van der Waals surface area contributed by atoms with E-state index >= 15 is 0 Å². The summed E-state index contributed by atoms with van der Waals surface area (Å²) in [6.07, 6.45) is 3.04. The standard InChI is InChI=1S/C25H25F2N5O5S/c26-10-2-11-30-15-23(28-29-30)37-16-19-3-1-12-32(19)38(35,36)20-8-9-22-21(13-20)24(33)25(34)31(22)14-17-4-6-18(27)7-5-17/h4-9,13,15,19H,1-3,10-12,14,16H2/t19-/m0/s1. The number of halogens is 2. The van der Waals surface area contributed by atoms with E-state index in [1.807, 2.05) is 0 Å². The molecule has 200 valence electrons. The summed E-state index contributed by atoms with van der Waals surface area (Å²) in [6, 6.07) is 9.17. The van der Waals surface area contributed by atoms with Gasteiger partial charge < -0.3 is 9.64 Å². The number of ketones is 1. The molecule has 1 fully saturated rings. The van der Waals surface area contributed by atoms with Gasteiger partial charge in [-0.05, 0) is 55.2 Å². The van der Waals surface area contributed by atoms with Crippen LogP contribution in [0.2, 0.25) is 0 Å². The van der Waals surface area contributed by atoms with Gasteiger partial charge in [0.2, 0.25) is 10.0 Å². The van der Waals surface area contributed by atoms with Gasteiger partial charge in [-0.1, -0.05) is 22.4 Å². The van der Waals surface area contributed by atoms with Gasteiger partial charge in [0.15, 0.2) is 0 Å². The highest BCUT2D eigenvalue weighted by Gasteiger charge is 2.40. The first kappa shape index (κ1) is 25.9. The molecule has 0 radical (unpaired) electrons. The zero-order valence-corrected chi connectivity index (χ0v) is 21.1. The van der Waals surface area contributed by atoms with Gasteiger partial charge in [-0.15, -0.1) is 0 Å². The lowest BCUT2D eigenvalue weighted by molar-refractivity contribution is -0.114. The molecule has 0 bridgehead atoms. The molecule has 2 aliphatic rings. The maximum atomic E-state index is 13.5. The number of carbonyl (C=O) groups excluding carboxylic acids is 2. The summed E-state index contributed by atoms with van der Waals surface area (Å²) >= 11 is 0. The molecule has 2 aromatic carbocycles. The number of Topliss-reactive ketones (excluding diaryl/α,β-unsaturated/α-hetero) is 1. The van der Waals surface area contributed by atoms with Crippen LogP contribution in [0.15, 0.2) is 53.6 Å². The lowest BCUT2D eigenvalue weighted by atomic mass is 10.1. The van der Waals surface area contributed by atoms with Gasteiger partial charge >= 0.3 is 0 Å². The van der Waals surface area contributed by atoms with E-state index in [0.717, 1.165) is 0 Å². The maximum Gasteiger partial charge on any atom is 0.299 e. The minimum absolute atomic E-state index is 0.00933. The molecule has 1 saturated heterocycles. The minimum Gasteiger partial charge on any atom is -0.474 e. The van der Waals surface area contributed by atoms with E-state index in [2.05, 4.69) is 10.3 Å². The van der Waals surface area contributed by atoms with Crippen LogP contribution in [0.25, 0.3) is 0 Å². The molecule has 5 rings (SSSR count). The average Bonchev–Trinajstić information content (AvgIpc) is 3.63. The van der Waals surface area contributed by atoms with Crippen LogP contribution in [0.5, 0.6) is 5.88 Å². The quantitative estimate of drug-likeness (QED) is 0.360. The van der Waals surface area contributed by atoms with E-state index < -0.39 is 40.2 Å². The molecule has 0 spiro atoms. The number of rotatable bonds is 10. The second-order valence-corrected chi connectivity index (χ2v) is 11.0. The Kier molecular flexibility index (Phi) is 7.21. The lowest BCUT2D eigenvalue weighted by Gasteiger charge is -2.24. The molecule has 1 atom stereocenters. The van der Waals surface area contributed by atoms with E-state index in [4.69, 9.17) is 4.74 Å². The molecule has 0 N–H and O–H groups in total. The highest BCUT2D eigenvalue weighted by Crippen LogP contribution is 2.34. The van der Waals surface area contributed by atoms with Crippen molar-refractivity contribution in [3.63, 3.8) is 0 Å². The fourth-order valence-corrected chi connectivity index (χ4v) is 6.36. The van der Waals surface area contributed by atoms with E-state index in [-0.39, 0.29) is 36.0 Å². The predicted octanol–water partition coefficient (Wildman–Crippen LogP) is 2.74. The van der Waals surface area contributed by atoms with E-state index in [9.17, 15) is 26.8 Å². The van der Waals surface area contributed by atoms with Crippen LogP contribution in [0, 0.1) is 5.82 Å². The van der Waals surface area contributed by atoms with Crippen molar-refractivity contribution in [1.29, 1.82) is 0 Å². The Morgan fingerprint density at radius 1 is 1.11 bits per heavy atom. The topological polar surface area (TPSA) is 115 Å². The molecule has 0 saturated carbocycles. The van der Waals surface area contributed by atoms with E-state index in [0.29, 0.717) is 37.1 Å². The fraction of sp³-hybridized carbons (Fsp3) is 0.360. The molecular weight excluding hydrogens is 520 g/mol. The number of alkyl halides is 1. The van der Waals surface area contributed by atoms with Gasteiger partial charge in [0.1, 0.15) is 12.4 Å². The number of carbonyl (C=O) groups is 2. The highest BCUT2D eigenvalue weighted by molar-refractivity contribution is 7.89. The van der Waals surface area contributed by atoms with Crippen LogP contribution in [-0.2, 0) is 27.9 Å². The molecular formula is C25H25F2N5O5S. The number of aryl methyl sites for hydroxylation is 1. The number of anilines is 1. The van der Waals surface area contributed by atoms with Crippen LogP contribution in [-0.4, -0.2) is 65.3 Å². The Hall–Kier alpha value is -3.71. The van der Waals surface area contributed by atoms with Crippen LogP contribution in [0.1, 0.15) is 35.2 Å². The summed E-state index contributed by atoms with van der Waals surface area (Å²) in [4.78, 5) is 26.6. The van der Waals surface area contributed by atoms with Gasteiger partial charge in [0.05, 0.1) is 41.6 Å². The van der Waals surface area contributed by atoms with Crippen molar-refractivity contribution < 1.29 is 31.5 Å². The minimum atomic E-state index is -4.00. The summed E-state index contributed by atoms with van der Waals surface area (Å²) in [5.41, 5.74) is 0.940. The van der Waals surface area contributed by atoms with E-state index in [1.54, 1.807) is 0 Å². The lowest BCUT2D eigenvalue weighted by Crippen LogP contribution is -2.39. The molecule has 1 amide bonds. The first-order valence-electron chi connectivity index (χ1n) is 12.1. The van der Waals surface area contributed by atoms with Gasteiger partial charge in [-0.2, -0.15) is 4.31 Å². The molecule has 0 unspecified atom stereocenters. The summed E-state index contributed by atoms with van der Waals surface area (Å²) in [6.45, 7) is 0.264. The number of hydrogen-bond donors (Lipinski definition) is 0. The summed E-state index contributed by atoms with van der Waals surface area (Å²) < 4.78 is 61.1. The van der Waals surface area contributed by atoms with Crippen molar-refractivity contribution in [1.82, 2.24) is 19.3 Å². The molecule has 3 heterocycles. The second kappa shape index (κ2) is 10.6. The third-order valence-corrected chi connectivity index (χ3v) is 8.54. The zero-order chi connectivity index (χ0) is 26.9. The van der Waals surface area contributed by atoms with Gasteiger partial charge in [-0.3, -0.25) is 14.0 Å². The first-order chi connectivity index (χ1) is 18.3. The van der Waals surface area contributed by atoms with Crippen molar-refractivity contribution in [3.05, 3.63) is 65.6 Å². The number of aromatic nitrogens is 3. The Bertz CT molecular complexity index is 1460. The molecule has 38 heavy (non-hydrogen) atoms. The number of sulfonamides is 1. The monoisotopic (exact) mass is 545 g/mol. The first-order valence-corrected chi connectivity index (χ1v) is 13.6. The average molecular weight is 546 g/mol. The van der Waals surface area contributed by atoms with Crippen LogP contribution in [0.3, 0.4) is 0 Å². The SMILES string of the molecule is O=C1C(=O)N(Cc2ccc(F)cc2)c2ccc(S(=O)(=O)N3CCC[C@H]3COc3cn(CCCF)nn3)cc21. The Morgan fingerprint density at radius 3 is 2.66 bits per heavy atom. The van der Waals surface area contributed by atoms with Crippen molar-refractivity contribution in [2.45, 2.75) is 43.3 Å². The van der Waals surface area contributed by atoms with Gasteiger partial charge in [0.25, 0.3) is 17.6 Å². The number of hydrogen-bond acceptors (Lipinski definition) is 7. The normalized spacial score (nSPS) is 17.8. The number of ether oxygens (including phenoxy) is 1. The highest BCUT2D eigenvalue weighted by atomic mass is 32.2. The Balaban J connectivity index is 1.32. The van der Waals surface area contributed by atoms with Crippen LogP contribution >= 0.6 is 0 Å². The summed E-state index contributed by atoms with van der Waals surface area (Å²) in [5.74, 6) is -1.77. The molecule has 0 aliphatic carbocycles. The van der Waals surface area contributed by atoms with Gasteiger partial charge in [-0.25, -0.2) is 17.5 Å². The van der Waals surface area contributed by atoms with Crippen molar-refractivity contribution in [3.8, 4) is 5.88 Å².